The predicted molar refractivity (Wildman–Crippen MR) is 78.2 cm³/mol. The van der Waals surface area contributed by atoms with Gasteiger partial charge in [0.05, 0.1) is 18.6 Å². The van der Waals surface area contributed by atoms with Crippen LogP contribution in [0.1, 0.15) is 12.8 Å². The van der Waals surface area contributed by atoms with Gasteiger partial charge in [0.15, 0.2) is 6.61 Å². The molecule has 0 bridgehead atoms. The molecule has 1 aliphatic rings. The summed E-state index contributed by atoms with van der Waals surface area (Å²) in [6.45, 7) is 0.494. The summed E-state index contributed by atoms with van der Waals surface area (Å²) in [6.07, 6.45) is 0.334. The first-order valence-electron chi connectivity index (χ1n) is 6.48. The molecule has 1 saturated heterocycles. The van der Waals surface area contributed by atoms with Gasteiger partial charge in [-0.1, -0.05) is 15.9 Å². The molecule has 1 atom stereocenters. The van der Waals surface area contributed by atoms with E-state index in [2.05, 4.69) is 21.2 Å². The van der Waals surface area contributed by atoms with Crippen LogP contribution in [0.3, 0.4) is 0 Å². The Hall–Kier alpha value is -1.60. The number of carboxylic acid groups (broad SMARTS) is 1. The SMILES string of the molecule is O=C(O)CC1(NC(=O)COc2ccc(Br)cc2)CCOC1. The lowest BCUT2D eigenvalue weighted by molar-refractivity contribution is -0.139. The van der Waals surface area contributed by atoms with Crippen LogP contribution >= 0.6 is 15.9 Å². The van der Waals surface area contributed by atoms with E-state index >= 15 is 0 Å². The summed E-state index contributed by atoms with van der Waals surface area (Å²) in [5.41, 5.74) is -0.827. The Kier molecular flexibility index (Phi) is 5.19. The first-order valence-corrected chi connectivity index (χ1v) is 7.27. The van der Waals surface area contributed by atoms with Crippen molar-refractivity contribution in [1.82, 2.24) is 5.32 Å². The molecule has 6 nitrogen and oxygen atoms in total. The van der Waals surface area contributed by atoms with E-state index in [4.69, 9.17) is 14.6 Å². The van der Waals surface area contributed by atoms with Crippen LogP contribution in [0.2, 0.25) is 0 Å². The van der Waals surface area contributed by atoms with E-state index in [1.807, 2.05) is 12.1 Å². The summed E-state index contributed by atoms with van der Waals surface area (Å²) >= 11 is 3.31. The third-order valence-electron chi connectivity index (χ3n) is 3.18. The fraction of sp³-hybridized carbons (Fsp3) is 0.429. The van der Waals surface area contributed by atoms with E-state index in [-0.39, 0.29) is 25.5 Å². The van der Waals surface area contributed by atoms with Crippen LogP contribution in [0, 0.1) is 0 Å². The molecule has 7 heteroatoms. The number of carboxylic acids is 1. The highest BCUT2D eigenvalue weighted by Crippen LogP contribution is 2.22. The van der Waals surface area contributed by atoms with Crippen molar-refractivity contribution in [1.29, 1.82) is 0 Å². The number of halogens is 1. The van der Waals surface area contributed by atoms with Gasteiger partial charge >= 0.3 is 5.97 Å². The van der Waals surface area contributed by atoms with Gasteiger partial charge in [-0.3, -0.25) is 9.59 Å². The predicted octanol–water partition coefficient (Wildman–Crippen LogP) is 1.58. The van der Waals surface area contributed by atoms with Crippen LogP contribution in [-0.2, 0) is 14.3 Å². The minimum atomic E-state index is -0.963. The van der Waals surface area contributed by atoms with E-state index in [1.165, 1.54) is 0 Å². The molecule has 2 rings (SSSR count). The molecule has 114 valence electrons. The molecular formula is C14H16BrNO5. The number of nitrogens with one attached hydrogen (secondary N) is 1. The summed E-state index contributed by atoms with van der Waals surface area (Å²) in [7, 11) is 0. The summed E-state index contributed by atoms with van der Waals surface area (Å²) in [4.78, 5) is 22.8. The van der Waals surface area contributed by atoms with Gasteiger partial charge in [0.2, 0.25) is 0 Å². The van der Waals surface area contributed by atoms with Crippen LogP contribution in [0.25, 0.3) is 0 Å². The zero-order valence-electron chi connectivity index (χ0n) is 11.3. The number of hydrogen-bond donors (Lipinski definition) is 2. The van der Waals surface area contributed by atoms with E-state index in [0.29, 0.717) is 18.8 Å². The number of hydrogen-bond acceptors (Lipinski definition) is 4. The maximum absolute atomic E-state index is 11.9. The van der Waals surface area contributed by atoms with Crippen molar-refractivity contribution in [2.45, 2.75) is 18.4 Å². The highest BCUT2D eigenvalue weighted by atomic mass is 79.9. The highest BCUT2D eigenvalue weighted by Gasteiger charge is 2.38. The number of aliphatic carboxylic acids is 1. The maximum atomic E-state index is 11.9. The highest BCUT2D eigenvalue weighted by molar-refractivity contribution is 9.10. The van der Waals surface area contributed by atoms with E-state index in [9.17, 15) is 9.59 Å². The quantitative estimate of drug-likeness (QED) is 0.807. The number of rotatable bonds is 6. The molecule has 1 unspecified atom stereocenters. The Morgan fingerprint density at radius 1 is 1.38 bits per heavy atom. The molecule has 1 fully saturated rings. The molecule has 1 aliphatic heterocycles. The lowest BCUT2D eigenvalue weighted by Crippen LogP contribution is -2.51. The minimum Gasteiger partial charge on any atom is -0.484 e. The second-order valence-corrected chi connectivity index (χ2v) is 5.86. The van der Waals surface area contributed by atoms with Crippen LogP contribution in [0.5, 0.6) is 5.75 Å². The molecule has 1 heterocycles. The molecule has 1 amide bonds. The van der Waals surface area contributed by atoms with Crippen molar-refractivity contribution < 1.29 is 24.2 Å². The lowest BCUT2D eigenvalue weighted by Gasteiger charge is -2.26. The van der Waals surface area contributed by atoms with Crippen LogP contribution in [0.4, 0.5) is 0 Å². The summed E-state index contributed by atoms with van der Waals surface area (Å²) in [5.74, 6) is -0.748. The van der Waals surface area contributed by atoms with Crippen molar-refractivity contribution >= 4 is 27.8 Å². The Balaban J connectivity index is 1.87. The Morgan fingerprint density at radius 2 is 2.10 bits per heavy atom. The molecule has 0 radical (unpaired) electrons. The normalized spacial score (nSPS) is 21.0. The fourth-order valence-electron chi connectivity index (χ4n) is 2.19. The summed E-state index contributed by atoms with van der Waals surface area (Å²) in [5, 5.41) is 11.7. The van der Waals surface area contributed by atoms with E-state index in [0.717, 1.165) is 4.47 Å². The zero-order valence-corrected chi connectivity index (χ0v) is 12.9. The Morgan fingerprint density at radius 3 is 2.67 bits per heavy atom. The van der Waals surface area contributed by atoms with E-state index < -0.39 is 11.5 Å². The van der Waals surface area contributed by atoms with E-state index in [1.54, 1.807) is 12.1 Å². The third kappa shape index (κ3) is 4.71. The van der Waals surface area contributed by atoms with Crippen LogP contribution < -0.4 is 10.1 Å². The lowest BCUT2D eigenvalue weighted by atomic mass is 9.94. The van der Waals surface area contributed by atoms with Gasteiger partial charge in [-0.15, -0.1) is 0 Å². The number of amides is 1. The van der Waals surface area contributed by atoms with Gasteiger partial charge < -0.3 is 19.9 Å². The average Bonchev–Trinajstić information content (AvgIpc) is 2.85. The van der Waals surface area contributed by atoms with Gasteiger partial charge in [0, 0.05) is 11.1 Å². The zero-order chi connectivity index (χ0) is 15.3. The number of carbonyl (C=O) groups is 2. The first kappa shape index (κ1) is 15.8. The third-order valence-corrected chi connectivity index (χ3v) is 3.71. The molecule has 0 spiro atoms. The minimum absolute atomic E-state index is 0.156. The smallest absolute Gasteiger partial charge is 0.305 e. The standard InChI is InChI=1S/C14H16BrNO5/c15-10-1-3-11(4-2-10)21-8-12(17)16-14(7-13(18)19)5-6-20-9-14/h1-4H,5-9H2,(H,16,17)(H,18,19). The molecule has 2 N–H and O–H groups in total. The molecule has 1 aromatic carbocycles. The molecular weight excluding hydrogens is 342 g/mol. The summed E-state index contributed by atoms with van der Waals surface area (Å²) in [6, 6.07) is 7.10. The fourth-order valence-corrected chi connectivity index (χ4v) is 2.45. The van der Waals surface area contributed by atoms with Gasteiger partial charge in [0.1, 0.15) is 5.75 Å². The second kappa shape index (κ2) is 6.91. The number of carbonyl (C=O) groups excluding carboxylic acids is 1. The second-order valence-electron chi connectivity index (χ2n) is 4.94. The molecule has 1 aromatic rings. The topological polar surface area (TPSA) is 84.9 Å². The van der Waals surface area contributed by atoms with Crippen molar-refractivity contribution in [2.24, 2.45) is 0 Å². The number of ether oxygens (including phenoxy) is 2. The monoisotopic (exact) mass is 357 g/mol. The molecule has 0 saturated carbocycles. The number of benzene rings is 1. The average molecular weight is 358 g/mol. The first-order chi connectivity index (χ1) is 9.99. The largest absolute Gasteiger partial charge is 0.484 e. The molecule has 21 heavy (non-hydrogen) atoms. The molecule has 0 aliphatic carbocycles. The van der Waals surface area contributed by atoms with Gasteiger partial charge in [0.25, 0.3) is 5.91 Å². The van der Waals surface area contributed by atoms with Crippen molar-refractivity contribution in [2.75, 3.05) is 19.8 Å². The van der Waals surface area contributed by atoms with Crippen molar-refractivity contribution in [3.05, 3.63) is 28.7 Å². The van der Waals surface area contributed by atoms with Crippen LogP contribution in [-0.4, -0.2) is 42.3 Å². The Bertz CT molecular complexity index is 511. The maximum Gasteiger partial charge on any atom is 0.305 e. The Labute approximate surface area is 130 Å². The molecule has 0 aromatic heterocycles. The van der Waals surface area contributed by atoms with Gasteiger partial charge in [-0.05, 0) is 30.7 Å². The van der Waals surface area contributed by atoms with Gasteiger partial charge in [-0.2, -0.15) is 0 Å². The summed E-state index contributed by atoms with van der Waals surface area (Å²) < 4.78 is 11.5. The van der Waals surface area contributed by atoms with Gasteiger partial charge in [-0.25, -0.2) is 0 Å². The van der Waals surface area contributed by atoms with Crippen molar-refractivity contribution in [3.63, 3.8) is 0 Å². The van der Waals surface area contributed by atoms with Crippen LogP contribution in [0.15, 0.2) is 28.7 Å². The van der Waals surface area contributed by atoms with Crippen molar-refractivity contribution in [3.8, 4) is 5.75 Å².